The zero-order valence-electron chi connectivity index (χ0n) is 10.1. The van der Waals surface area contributed by atoms with E-state index in [1.165, 1.54) is 13.1 Å². The molecule has 1 atom stereocenters. The first-order chi connectivity index (χ1) is 8.39. The predicted molar refractivity (Wildman–Crippen MR) is 64.0 cm³/mol. The SMILES string of the molecule is Cc1cncc(C(C)(O)c2cc(F)cc(F)c2)c1. The summed E-state index contributed by atoms with van der Waals surface area (Å²) >= 11 is 0. The van der Waals surface area contributed by atoms with E-state index < -0.39 is 17.2 Å². The van der Waals surface area contributed by atoms with Gasteiger partial charge in [-0.2, -0.15) is 0 Å². The Morgan fingerprint density at radius 2 is 1.61 bits per heavy atom. The Labute approximate surface area is 104 Å². The number of aryl methyl sites for hydroxylation is 1. The Balaban J connectivity index is 2.53. The molecule has 0 saturated carbocycles. The van der Waals surface area contributed by atoms with Crippen molar-refractivity contribution in [2.75, 3.05) is 0 Å². The number of rotatable bonds is 2. The fourth-order valence-corrected chi connectivity index (χ4v) is 1.82. The van der Waals surface area contributed by atoms with Gasteiger partial charge in [0.05, 0.1) is 0 Å². The molecule has 4 heteroatoms. The van der Waals surface area contributed by atoms with Crippen LogP contribution in [0.2, 0.25) is 0 Å². The summed E-state index contributed by atoms with van der Waals surface area (Å²) in [6.07, 6.45) is 3.13. The summed E-state index contributed by atoms with van der Waals surface area (Å²) in [4.78, 5) is 3.97. The highest BCUT2D eigenvalue weighted by atomic mass is 19.1. The molecule has 0 aliphatic rings. The maximum absolute atomic E-state index is 13.2. The van der Waals surface area contributed by atoms with Crippen LogP contribution in [0, 0.1) is 18.6 Å². The van der Waals surface area contributed by atoms with Crippen LogP contribution in [0.15, 0.2) is 36.7 Å². The Morgan fingerprint density at radius 3 is 2.17 bits per heavy atom. The van der Waals surface area contributed by atoms with Gasteiger partial charge in [-0.3, -0.25) is 4.98 Å². The highest BCUT2D eigenvalue weighted by Gasteiger charge is 2.27. The number of benzene rings is 1. The molecular weight excluding hydrogens is 236 g/mol. The lowest BCUT2D eigenvalue weighted by Gasteiger charge is -2.24. The summed E-state index contributed by atoms with van der Waals surface area (Å²) in [6, 6.07) is 4.74. The standard InChI is InChI=1S/C14H13F2NO/c1-9-3-11(8-17-7-9)14(2,18)10-4-12(15)6-13(16)5-10/h3-8,18H,1-2H3. The Morgan fingerprint density at radius 1 is 1.00 bits per heavy atom. The van der Waals surface area contributed by atoms with Crippen molar-refractivity contribution in [3.8, 4) is 0 Å². The maximum atomic E-state index is 13.2. The molecule has 0 fully saturated rings. The minimum absolute atomic E-state index is 0.160. The molecule has 0 spiro atoms. The molecule has 18 heavy (non-hydrogen) atoms. The average molecular weight is 249 g/mol. The minimum atomic E-state index is -1.48. The van der Waals surface area contributed by atoms with Gasteiger partial charge in [-0.15, -0.1) is 0 Å². The predicted octanol–water partition coefficient (Wildman–Crippen LogP) is 2.92. The Kier molecular flexibility index (Phi) is 3.13. The van der Waals surface area contributed by atoms with E-state index in [1.807, 2.05) is 6.92 Å². The van der Waals surface area contributed by atoms with E-state index in [0.717, 1.165) is 23.8 Å². The number of halogens is 2. The van der Waals surface area contributed by atoms with Gasteiger partial charge >= 0.3 is 0 Å². The van der Waals surface area contributed by atoms with E-state index >= 15 is 0 Å². The van der Waals surface area contributed by atoms with Gasteiger partial charge < -0.3 is 5.11 Å². The molecule has 0 aliphatic heterocycles. The van der Waals surface area contributed by atoms with Crippen molar-refractivity contribution in [1.82, 2.24) is 4.98 Å². The number of aliphatic hydroxyl groups is 1. The van der Waals surface area contributed by atoms with Gasteiger partial charge in [0, 0.05) is 24.0 Å². The van der Waals surface area contributed by atoms with Crippen molar-refractivity contribution in [2.24, 2.45) is 0 Å². The normalized spacial score (nSPS) is 14.3. The first kappa shape index (κ1) is 12.6. The summed E-state index contributed by atoms with van der Waals surface area (Å²) in [5.41, 5.74) is 0.0339. The molecule has 0 aliphatic carbocycles. The first-order valence-corrected chi connectivity index (χ1v) is 5.50. The van der Waals surface area contributed by atoms with Gasteiger partial charge in [-0.05, 0) is 43.2 Å². The number of nitrogens with zero attached hydrogens (tertiary/aromatic N) is 1. The maximum Gasteiger partial charge on any atom is 0.126 e. The van der Waals surface area contributed by atoms with Crippen molar-refractivity contribution >= 4 is 0 Å². The smallest absolute Gasteiger partial charge is 0.126 e. The van der Waals surface area contributed by atoms with Crippen molar-refractivity contribution in [1.29, 1.82) is 0 Å². The molecule has 1 unspecified atom stereocenters. The summed E-state index contributed by atoms with van der Waals surface area (Å²) in [6.45, 7) is 3.32. The van der Waals surface area contributed by atoms with Crippen molar-refractivity contribution in [2.45, 2.75) is 19.4 Å². The largest absolute Gasteiger partial charge is 0.381 e. The zero-order chi connectivity index (χ0) is 13.3. The average Bonchev–Trinajstić information content (AvgIpc) is 2.27. The monoisotopic (exact) mass is 249 g/mol. The summed E-state index contributed by atoms with van der Waals surface area (Å²) in [5.74, 6) is -1.43. The molecule has 0 saturated heterocycles. The van der Waals surface area contributed by atoms with E-state index in [1.54, 1.807) is 12.3 Å². The second kappa shape index (κ2) is 4.46. The molecule has 1 heterocycles. The molecular formula is C14H13F2NO. The highest BCUT2D eigenvalue weighted by molar-refractivity contribution is 5.35. The fraction of sp³-hybridized carbons (Fsp3) is 0.214. The lowest BCUT2D eigenvalue weighted by atomic mass is 9.88. The van der Waals surface area contributed by atoms with Crippen LogP contribution in [0.5, 0.6) is 0 Å². The van der Waals surface area contributed by atoms with Gasteiger partial charge in [-0.1, -0.05) is 0 Å². The molecule has 1 aromatic carbocycles. The van der Waals surface area contributed by atoms with E-state index in [0.29, 0.717) is 5.56 Å². The quantitative estimate of drug-likeness (QED) is 0.887. The number of aromatic nitrogens is 1. The van der Waals surface area contributed by atoms with Crippen LogP contribution in [0.3, 0.4) is 0 Å². The third-order valence-electron chi connectivity index (χ3n) is 2.86. The fourth-order valence-electron chi connectivity index (χ4n) is 1.82. The van der Waals surface area contributed by atoms with Crippen molar-refractivity contribution < 1.29 is 13.9 Å². The van der Waals surface area contributed by atoms with Crippen LogP contribution in [-0.2, 0) is 5.60 Å². The van der Waals surface area contributed by atoms with Crippen molar-refractivity contribution in [3.05, 3.63) is 65.0 Å². The summed E-state index contributed by atoms with van der Waals surface area (Å²) < 4.78 is 26.4. The van der Waals surface area contributed by atoms with Crippen LogP contribution in [0.25, 0.3) is 0 Å². The van der Waals surface area contributed by atoms with Gasteiger partial charge in [0.25, 0.3) is 0 Å². The van der Waals surface area contributed by atoms with E-state index in [-0.39, 0.29) is 5.56 Å². The van der Waals surface area contributed by atoms with Crippen LogP contribution < -0.4 is 0 Å². The second-order valence-electron chi connectivity index (χ2n) is 4.48. The molecule has 2 aromatic rings. The van der Waals surface area contributed by atoms with E-state index in [4.69, 9.17) is 0 Å². The topological polar surface area (TPSA) is 33.1 Å². The lowest BCUT2D eigenvalue weighted by molar-refractivity contribution is 0.101. The van der Waals surface area contributed by atoms with Crippen molar-refractivity contribution in [3.63, 3.8) is 0 Å². The van der Waals surface area contributed by atoms with E-state index in [9.17, 15) is 13.9 Å². The van der Waals surface area contributed by atoms with Crippen LogP contribution in [0.1, 0.15) is 23.6 Å². The van der Waals surface area contributed by atoms with Gasteiger partial charge in [0.1, 0.15) is 17.2 Å². The van der Waals surface area contributed by atoms with E-state index in [2.05, 4.69) is 4.98 Å². The molecule has 0 bridgehead atoms. The molecule has 1 aromatic heterocycles. The number of hydrogen-bond acceptors (Lipinski definition) is 2. The highest BCUT2D eigenvalue weighted by Crippen LogP contribution is 2.29. The molecule has 1 N–H and O–H groups in total. The van der Waals surface area contributed by atoms with Crippen LogP contribution in [-0.4, -0.2) is 10.1 Å². The third kappa shape index (κ3) is 2.38. The van der Waals surface area contributed by atoms with Gasteiger partial charge in [0.2, 0.25) is 0 Å². The molecule has 0 amide bonds. The molecule has 0 radical (unpaired) electrons. The Hall–Kier alpha value is -1.81. The number of hydrogen-bond donors (Lipinski definition) is 1. The minimum Gasteiger partial charge on any atom is -0.381 e. The zero-order valence-corrected chi connectivity index (χ0v) is 10.1. The number of pyridine rings is 1. The third-order valence-corrected chi connectivity index (χ3v) is 2.86. The molecule has 2 rings (SSSR count). The molecule has 2 nitrogen and oxygen atoms in total. The van der Waals surface area contributed by atoms with Gasteiger partial charge in [0.15, 0.2) is 0 Å². The summed E-state index contributed by atoms with van der Waals surface area (Å²) in [7, 11) is 0. The second-order valence-corrected chi connectivity index (χ2v) is 4.48. The lowest BCUT2D eigenvalue weighted by Crippen LogP contribution is -2.23. The van der Waals surface area contributed by atoms with Crippen LogP contribution >= 0.6 is 0 Å². The van der Waals surface area contributed by atoms with Crippen LogP contribution in [0.4, 0.5) is 8.78 Å². The summed E-state index contributed by atoms with van der Waals surface area (Å²) in [5, 5.41) is 10.5. The molecule has 94 valence electrons. The van der Waals surface area contributed by atoms with Gasteiger partial charge in [-0.25, -0.2) is 8.78 Å². The first-order valence-electron chi connectivity index (χ1n) is 5.50. The Bertz CT molecular complexity index is 562.